The predicted octanol–water partition coefficient (Wildman–Crippen LogP) is 3.59. The molecule has 1 saturated heterocycles. The molecule has 0 saturated carbocycles. The van der Waals surface area contributed by atoms with E-state index in [0.29, 0.717) is 18.0 Å². The number of piperazine rings is 1. The summed E-state index contributed by atoms with van der Waals surface area (Å²) in [5.74, 6) is 0.704. The minimum Gasteiger partial charge on any atom is -0.311 e. The van der Waals surface area contributed by atoms with E-state index >= 15 is 0 Å². The minimum atomic E-state index is 0.656. The first-order valence-corrected chi connectivity index (χ1v) is 8.13. The maximum absolute atomic E-state index is 3.74. The third kappa shape index (κ3) is 4.07. The van der Waals surface area contributed by atoms with Crippen LogP contribution in [0.5, 0.6) is 0 Å². The Hall–Kier alpha value is -0.860. The summed E-state index contributed by atoms with van der Waals surface area (Å²) >= 11 is 0. The summed E-state index contributed by atoms with van der Waals surface area (Å²) in [6.07, 6.45) is 2.55. The van der Waals surface area contributed by atoms with Crippen LogP contribution in [-0.2, 0) is 6.54 Å². The molecule has 1 fully saturated rings. The van der Waals surface area contributed by atoms with Crippen LogP contribution in [0.15, 0.2) is 24.3 Å². The van der Waals surface area contributed by atoms with E-state index in [-0.39, 0.29) is 0 Å². The van der Waals surface area contributed by atoms with Crippen molar-refractivity contribution in [2.75, 3.05) is 13.1 Å². The van der Waals surface area contributed by atoms with Crippen molar-refractivity contribution in [3.63, 3.8) is 0 Å². The molecule has 2 nitrogen and oxygen atoms in total. The zero-order valence-electron chi connectivity index (χ0n) is 13.5. The van der Waals surface area contributed by atoms with Gasteiger partial charge in [0.2, 0.25) is 0 Å². The van der Waals surface area contributed by atoms with E-state index in [4.69, 9.17) is 0 Å². The normalized spacial score (nSPS) is 24.2. The first-order valence-electron chi connectivity index (χ1n) is 8.13. The molecule has 112 valence electrons. The Morgan fingerprint density at radius 2 is 2.15 bits per heavy atom. The lowest BCUT2D eigenvalue weighted by atomic mass is 9.96. The van der Waals surface area contributed by atoms with E-state index in [1.54, 1.807) is 0 Å². The second-order valence-corrected chi connectivity index (χ2v) is 6.62. The van der Waals surface area contributed by atoms with Crippen molar-refractivity contribution in [3.05, 3.63) is 35.4 Å². The molecule has 20 heavy (non-hydrogen) atoms. The summed E-state index contributed by atoms with van der Waals surface area (Å²) in [4.78, 5) is 2.69. The Kier molecular flexibility index (Phi) is 5.62. The minimum absolute atomic E-state index is 0.656. The summed E-state index contributed by atoms with van der Waals surface area (Å²) in [6.45, 7) is 12.6. The van der Waals surface area contributed by atoms with Crippen LogP contribution < -0.4 is 5.32 Å². The van der Waals surface area contributed by atoms with Crippen LogP contribution in [-0.4, -0.2) is 30.1 Å². The van der Waals surface area contributed by atoms with Crippen LogP contribution in [0.4, 0.5) is 0 Å². The third-order valence-corrected chi connectivity index (χ3v) is 4.41. The van der Waals surface area contributed by atoms with Crippen LogP contribution in [0.3, 0.4) is 0 Å². The quantitative estimate of drug-likeness (QED) is 0.882. The van der Waals surface area contributed by atoms with Gasteiger partial charge in [-0.05, 0) is 24.8 Å². The monoisotopic (exact) mass is 274 g/mol. The highest BCUT2D eigenvalue weighted by Gasteiger charge is 2.29. The van der Waals surface area contributed by atoms with Crippen molar-refractivity contribution < 1.29 is 0 Å². The van der Waals surface area contributed by atoms with Gasteiger partial charge in [-0.2, -0.15) is 0 Å². The SMILES string of the molecule is CCCC1CN(Cc2cccc(C)c2)C(C(C)C)CN1. The number of nitrogens with one attached hydrogen (secondary N) is 1. The Labute approximate surface area is 124 Å². The van der Waals surface area contributed by atoms with Gasteiger partial charge in [-0.25, -0.2) is 0 Å². The van der Waals surface area contributed by atoms with Gasteiger partial charge in [-0.1, -0.05) is 57.0 Å². The molecular weight excluding hydrogens is 244 g/mol. The molecule has 1 aromatic rings. The van der Waals surface area contributed by atoms with E-state index in [9.17, 15) is 0 Å². The topological polar surface area (TPSA) is 15.3 Å². The maximum Gasteiger partial charge on any atom is 0.0247 e. The molecule has 0 bridgehead atoms. The van der Waals surface area contributed by atoms with E-state index in [0.717, 1.165) is 13.1 Å². The third-order valence-electron chi connectivity index (χ3n) is 4.41. The van der Waals surface area contributed by atoms with Gasteiger partial charge in [0.15, 0.2) is 0 Å². The summed E-state index contributed by atoms with van der Waals surface area (Å²) in [6, 6.07) is 10.3. The molecule has 2 unspecified atom stereocenters. The van der Waals surface area contributed by atoms with Crippen LogP contribution in [0.2, 0.25) is 0 Å². The molecule has 1 aliphatic rings. The summed E-state index contributed by atoms with van der Waals surface area (Å²) in [5.41, 5.74) is 2.82. The number of rotatable bonds is 5. The molecule has 2 heteroatoms. The number of hydrogen-bond acceptors (Lipinski definition) is 2. The zero-order valence-corrected chi connectivity index (χ0v) is 13.5. The zero-order chi connectivity index (χ0) is 14.5. The first-order chi connectivity index (χ1) is 9.60. The van der Waals surface area contributed by atoms with Crippen LogP contribution in [0.1, 0.15) is 44.7 Å². The summed E-state index contributed by atoms with van der Waals surface area (Å²) in [5, 5.41) is 3.74. The number of hydrogen-bond donors (Lipinski definition) is 1. The smallest absolute Gasteiger partial charge is 0.0247 e. The Morgan fingerprint density at radius 1 is 1.35 bits per heavy atom. The van der Waals surface area contributed by atoms with Crippen LogP contribution in [0.25, 0.3) is 0 Å². The van der Waals surface area contributed by atoms with Crippen molar-refractivity contribution >= 4 is 0 Å². The lowest BCUT2D eigenvalue weighted by Crippen LogP contribution is -2.57. The van der Waals surface area contributed by atoms with Crippen molar-refractivity contribution in [1.82, 2.24) is 10.2 Å². The highest BCUT2D eigenvalue weighted by Crippen LogP contribution is 2.20. The molecule has 1 aliphatic heterocycles. The summed E-state index contributed by atoms with van der Waals surface area (Å²) in [7, 11) is 0. The molecule has 0 aliphatic carbocycles. The fourth-order valence-electron chi connectivity index (χ4n) is 3.33. The Morgan fingerprint density at radius 3 is 2.80 bits per heavy atom. The standard InChI is InChI=1S/C18H30N2/c1-5-7-17-13-20(18(11-19-17)14(2)3)12-16-9-6-8-15(4)10-16/h6,8-10,14,17-19H,5,7,11-13H2,1-4H3. The van der Waals surface area contributed by atoms with Gasteiger partial charge < -0.3 is 5.32 Å². The van der Waals surface area contributed by atoms with Crippen molar-refractivity contribution in [3.8, 4) is 0 Å². The number of aryl methyl sites for hydroxylation is 1. The molecule has 2 atom stereocenters. The van der Waals surface area contributed by atoms with Crippen LogP contribution in [0, 0.1) is 12.8 Å². The second-order valence-electron chi connectivity index (χ2n) is 6.62. The number of benzene rings is 1. The lowest BCUT2D eigenvalue weighted by Gasteiger charge is -2.42. The molecule has 1 N–H and O–H groups in total. The molecule has 1 aromatic carbocycles. The largest absolute Gasteiger partial charge is 0.311 e. The molecule has 0 radical (unpaired) electrons. The van der Waals surface area contributed by atoms with E-state index in [2.05, 4.69) is 62.2 Å². The maximum atomic E-state index is 3.74. The fraction of sp³-hybridized carbons (Fsp3) is 0.667. The fourth-order valence-corrected chi connectivity index (χ4v) is 3.33. The summed E-state index contributed by atoms with van der Waals surface area (Å²) < 4.78 is 0. The molecule has 0 aromatic heterocycles. The van der Waals surface area contributed by atoms with Gasteiger partial charge >= 0.3 is 0 Å². The lowest BCUT2D eigenvalue weighted by molar-refractivity contribution is 0.0885. The van der Waals surface area contributed by atoms with E-state index in [1.165, 1.54) is 30.5 Å². The van der Waals surface area contributed by atoms with Crippen molar-refractivity contribution in [2.45, 2.75) is 59.2 Å². The van der Waals surface area contributed by atoms with Gasteiger partial charge in [0.05, 0.1) is 0 Å². The number of nitrogens with zero attached hydrogens (tertiary/aromatic N) is 1. The molecule has 0 spiro atoms. The Balaban J connectivity index is 2.06. The molecule has 0 amide bonds. The van der Waals surface area contributed by atoms with E-state index < -0.39 is 0 Å². The van der Waals surface area contributed by atoms with Crippen molar-refractivity contribution in [2.24, 2.45) is 5.92 Å². The highest BCUT2D eigenvalue weighted by atomic mass is 15.2. The van der Waals surface area contributed by atoms with E-state index in [1.807, 2.05) is 0 Å². The highest BCUT2D eigenvalue weighted by molar-refractivity contribution is 5.22. The average Bonchev–Trinajstić information content (AvgIpc) is 2.39. The van der Waals surface area contributed by atoms with Gasteiger partial charge in [-0.15, -0.1) is 0 Å². The van der Waals surface area contributed by atoms with Gasteiger partial charge in [-0.3, -0.25) is 4.90 Å². The predicted molar refractivity (Wildman–Crippen MR) is 86.9 cm³/mol. The average molecular weight is 274 g/mol. The molecular formula is C18H30N2. The second kappa shape index (κ2) is 7.24. The Bertz CT molecular complexity index is 414. The van der Waals surface area contributed by atoms with Gasteiger partial charge in [0.25, 0.3) is 0 Å². The van der Waals surface area contributed by atoms with Gasteiger partial charge in [0.1, 0.15) is 0 Å². The molecule has 2 rings (SSSR count). The van der Waals surface area contributed by atoms with Crippen molar-refractivity contribution in [1.29, 1.82) is 0 Å². The first kappa shape index (κ1) is 15.5. The van der Waals surface area contributed by atoms with Crippen LogP contribution >= 0.6 is 0 Å². The molecule has 1 heterocycles. The van der Waals surface area contributed by atoms with Gasteiger partial charge in [0, 0.05) is 31.7 Å².